The van der Waals surface area contributed by atoms with E-state index in [9.17, 15) is 9.59 Å². The number of carbonyl (C=O) groups excluding carboxylic acids is 2. The number of imide groups is 1. The lowest BCUT2D eigenvalue weighted by Gasteiger charge is -2.27. The molecule has 25 heavy (non-hydrogen) atoms. The molecule has 3 aromatic rings. The highest BCUT2D eigenvalue weighted by atomic mass is 16.2. The Morgan fingerprint density at radius 1 is 0.640 bits per heavy atom. The van der Waals surface area contributed by atoms with Gasteiger partial charge in [0.2, 0.25) is 0 Å². The zero-order valence-electron chi connectivity index (χ0n) is 13.6. The molecular formula is C22H17NO2. The van der Waals surface area contributed by atoms with Gasteiger partial charge in [0.15, 0.2) is 0 Å². The number of nitrogens with zero attached hydrogens (tertiary/aromatic N) is 1. The highest BCUT2D eigenvalue weighted by molar-refractivity contribution is 6.21. The molecule has 0 bridgehead atoms. The third-order valence-corrected chi connectivity index (χ3v) is 4.59. The van der Waals surface area contributed by atoms with E-state index in [-0.39, 0.29) is 17.9 Å². The maximum absolute atomic E-state index is 12.9. The number of benzene rings is 3. The average Bonchev–Trinajstić information content (AvgIpc) is 2.93. The van der Waals surface area contributed by atoms with E-state index in [1.807, 2.05) is 60.7 Å². The van der Waals surface area contributed by atoms with Gasteiger partial charge in [-0.15, -0.1) is 0 Å². The minimum absolute atomic E-state index is 0.217. The lowest BCUT2D eigenvalue weighted by atomic mass is 9.97. The van der Waals surface area contributed by atoms with E-state index in [4.69, 9.17) is 0 Å². The summed E-state index contributed by atoms with van der Waals surface area (Å²) in [7, 11) is 0. The van der Waals surface area contributed by atoms with Gasteiger partial charge in [-0.25, -0.2) is 0 Å². The molecule has 3 aromatic carbocycles. The monoisotopic (exact) mass is 327 g/mol. The van der Waals surface area contributed by atoms with Crippen molar-refractivity contribution in [3.63, 3.8) is 0 Å². The number of rotatable bonds is 4. The first-order valence-corrected chi connectivity index (χ1v) is 8.31. The van der Waals surface area contributed by atoms with Crippen LogP contribution in [0.2, 0.25) is 0 Å². The van der Waals surface area contributed by atoms with Crippen molar-refractivity contribution in [2.75, 3.05) is 0 Å². The van der Waals surface area contributed by atoms with E-state index >= 15 is 0 Å². The number of hydrogen-bond acceptors (Lipinski definition) is 2. The number of carbonyl (C=O) groups is 2. The molecule has 0 spiro atoms. The summed E-state index contributed by atoms with van der Waals surface area (Å²) in [5.74, 6) is -0.434. The van der Waals surface area contributed by atoms with Crippen LogP contribution in [0.1, 0.15) is 37.9 Å². The summed E-state index contributed by atoms with van der Waals surface area (Å²) in [6, 6.07) is 26.4. The molecule has 0 saturated carbocycles. The summed E-state index contributed by atoms with van der Waals surface area (Å²) in [6.07, 6.45) is 0.594. The van der Waals surface area contributed by atoms with Crippen LogP contribution in [0.15, 0.2) is 84.9 Å². The van der Waals surface area contributed by atoms with E-state index in [0.717, 1.165) is 11.1 Å². The molecule has 1 heterocycles. The molecule has 3 nitrogen and oxygen atoms in total. The fourth-order valence-electron chi connectivity index (χ4n) is 3.36. The Kier molecular flexibility index (Phi) is 3.90. The Bertz CT molecular complexity index is 884. The minimum Gasteiger partial charge on any atom is -0.269 e. The van der Waals surface area contributed by atoms with Gasteiger partial charge in [-0.2, -0.15) is 0 Å². The highest BCUT2D eigenvalue weighted by Gasteiger charge is 2.40. The molecule has 1 unspecified atom stereocenters. The smallest absolute Gasteiger partial charge is 0.262 e. The number of hydrogen-bond donors (Lipinski definition) is 0. The zero-order valence-corrected chi connectivity index (χ0v) is 13.6. The third kappa shape index (κ3) is 2.74. The Labute approximate surface area is 146 Å². The van der Waals surface area contributed by atoms with Crippen molar-refractivity contribution in [2.45, 2.75) is 12.5 Å². The maximum Gasteiger partial charge on any atom is 0.262 e. The van der Waals surface area contributed by atoms with Crippen molar-refractivity contribution in [1.82, 2.24) is 4.90 Å². The van der Waals surface area contributed by atoms with Crippen molar-refractivity contribution in [2.24, 2.45) is 0 Å². The Hall–Kier alpha value is -3.20. The van der Waals surface area contributed by atoms with Crippen molar-refractivity contribution in [1.29, 1.82) is 0 Å². The molecule has 0 radical (unpaired) electrons. The largest absolute Gasteiger partial charge is 0.269 e. The first kappa shape index (κ1) is 15.3. The Balaban J connectivity index is 1.77. The van der Waals surface area contributed by atoms with Crippen LogP contribution in [0.25, 0.3) is 0 Å². The molecule has 0 aliphatic carbocycles. The van der Waals surface area contributed by atoms with Gasteiger partial charge in [-0.3, -0.25) is 14.5 Å². The van der Waals surface area contributed by atoms with E-state index in [1.165, 1.54) is 4.90 Å². The molecular weight excluding hydrogens is 310 g/mol. The zero-order chi connectivity index (χ0) is 17.2. The van der Waals surface area contributed by atoms with Crippen molar-refractivity contribution in [3.8, 4) is 0 Å². The number of fused-ring (bicyclic) bond motifs is 1. The standard InChI is InChI=1S/C22H17NO2/c24-21-18-13-7-8-14-19(18)22(25)23(21)20(17-11-5-2-6-12-17)15-16-9-3-1-4-10-16/h1-14,20H,15H2. The van der Waals surface area contributed by atoms with Gasteiger partial charge >= 0.3 is 0 Å². The summed E-state index contributed by atoms with van der Waals surface area (Å²) in [5.41, 5.74) is 3.02. The Morgan fingerprint density at radius 3 is 1.68 bits per heavy atom. The first-order valence-electron chi connectivity index (χ1n) is 8.31. The second-order valence-electron chi connectivity index (χ2n) is 6.14. The molecule has 0 fully saturated rings. The molecule has 1 aliphatic heterocycles. The summed E-state index contributed by atoms with van der Waals surface area (Å²) in [5, 5.41) is 0. The highest BCUT2D eigenvalue weighted by Crippen LogP contribution is 2.33. The fraction of sp³-hybridized carbons (Fsp3) is 0.0909. The molecule has 122 valence electrons. The second-order valence-corrected chi connectivity index (χ2v) is 6.14. The summed E-state index contributed by atoms with van der Waals surface area (Å²) in [6.45, 7) is 0. The molecule has 0 saturated heterocycles. The van der Waals surface area contributed by atoms with Gasteiger partial charge in [0.25, 0.3) is 11.8 Å². The normalized spacial score (nSPS) is 14.5. The van der Waals surface area contributed by atoms with Gasteiger partial charge in [-0.1, -0.05) is 72.8 Å². The van der Waals surface area contributed by atoms with Crippen LogP contribution >= 0.6 is 0 Å². The van der Waals surface area contributed by atoms with Crippen molar-refractivity contribution >= 4 is 11.8 Å². The number of amides is 2. The van der Waals surface area contributed by atoms with Crippen molar-refractivity contribution in [3.05, 3.63) is 107 Å². The van der Waals surface area contributed by atoms with E-state index in [2.05, 4.69) is 0 Å². The second kappa shape index (κ2) is 6.36. The lowest BCUT2D eigenvalue weighted by Crippen LogP contribution is -2.35. The van der Waals surface area contributed by atoms with Crippen LogP contribution in [0.4, 0.5) is 0 Å². The van der Waals surface area contributed by atoms with E-state index in [0.29, 0.717) is 17.5 Å². The molecule has 3 heteroatoms. The lowest BCUT2D eigenvalue weighted by molar-refractivity contribution is 0.0581. The fourth-order valence-corrected chi connectivity index (χ4v) is 3.36. The molecule has 1 aliphatic rings. The quantitative estimate of drug-likeness (QED) is 0.671. The molecule has 0 aromatic heterocycles. The van der Waals surface area contributed by atoms with Crippen LogP contribution in [-0.4, -0.2) is 16.7 Å². The average molecular weight is 327 g/mol. The van der Waals surface area contributed by atoms with E-state index in [1.54, 1.807) is 24.3 Å². The van der Waals surface area contributed by atoms with Gasteiger partial charge in [0, 0.05) is 0 Å². The van der Waals surface area contributed by atoms with Crippen LogP contribution in [0, 0.1) is 0 Å². The molecule has 2 amide bonds. The molecule has 0 N–H and O–H groups in total. The van der Waals surface area contributed by atoms with Gasteiger partial charge in [0.05, 0.1) is 17.2 Å². The predicted octanol–water partition coefficient (Wildman–Crippen LogP) is 4.27. The van der Waals surface area contributed by atoms with Gasteiger partial charge in [-0.05, 0) is 29.7 Å². The predicted molar refractivity (Wildman–Crippen MR) is 96.3 cm³/mol. The van der Waals surface area contributed by atoms with Crippen molar-refractivity contribution < 1.29 is 9.59 Å². The van der Waals surface area contributed by atoms with Crippen LogP contribution in [-0.2, 0) is 6.42 Å². The summed E-state index contributed by atoms with van der Waals surface area (Å²) < 4.78 is 0. The summed E-state index contributed by atoms with van der Waals surface area (Å²) >= 11 is 0. The van der Waals surface area contributed by atoms with Crippen LogP contribution in [0.5, 0.6) is 0 Å². The SMILES string of the molecule is O=C1c2ccccc2C(=O)N1C(Cc1ccccc1)c1ccccc1. The van der Waals surface area contributed by atoms with E-state index < -0.39 is 0 Å². The minimum atomic E-state index is -0.323. The van der Waals surface area contributed by atoms with Gasteiger partial charge < -0.3 is 0 Å². The van der Waals surface area contributed by atoms with Gasteiger partial charge in [0.1, 0.15) is 0 Å². The maximum atomic E-state index is 12.9. The topological polar surface area (TPSA) is 37.4 Å². The third-order valence-electron chi connectivity index (χ3n) is 4.59. The Morgan fingerprint density at radius 2 is 1.12 bits per heavy atom. The first-order chi connectivity index (χ1) is 12.3. The molecule has 1 atom stereocenters. The molecule has 4 rings (SSSR count). The van der Waals surface area contributed by atoms with Crippen LogP contribution < -0.4 is 0 Å². The van der Waals surface area contributed by atoms with Crippen LogP contribution in [0.3, 0.4) is 0 Å². The summed E-state index contributed by atoms with van der Waals surface area (Å²) in [4.78, 5) is 27.2.